The van der Waals surface area contributed by atoms with E-state index in [4.69, 9.17) is 0 Å². The Hall–Kier alpha value is -3.73. The minimum atomic E-state index is -0.838. The van der Waals surface area contributed by atoms with Crippen molar-refractivity contribution in [3.05, 3.63) is 68.9 Å². The number of phenols is 1. The van der Waals surface area contributed by atoms with E-state index >= 15 is 0 Å². The Balaban J connectivity index is 1.72. The van der Waals surface area contributed by atoms with Crippen LogP contribution >= 0.6 is 11.8 Å². The second kappa shape index (κ2) is 8.10. The van der Waals surface area contributed by atoms with Crippen molar-refractivity contribution >= 4 is 46.3 Å². The largest absolute Gasteiger partial charge is 0.506 e. The Morgan fingerprint density at radius 1 is 1.28 bits per heavy atom. The normalized spacial score (nSPS) is 15.1. The van der Waals surface area contributed by atoms with E-state index in [1.54, 1.807) is 6.07 Å². The molecule has 1 heterocycles. The van der Waals surface area contributed by atoms with Gasteiger partial charge in [0.05, 0.1) is 15.5 Å². The highest BCUT2D eigenvalue weighted by Crippen LogP contribution is 2.32. The lowest BCUT2D eigenvalue weighted by molar-refractivity contribution is -0.384. The number of non-ortho nitro benzene ring substituents is 1. The predicted molar refractivity (Wildman–Crippen MR) is 102 cm³/mol. The first-order valence-electron chi connectivity index (χ1n) is 8.03. The number of aromatic hydroxyl groups is 1. The number of nitrogens with zero attached hydrogens (tertiary/aromatic N) is 2. The molecule has 9 nitrogen and oxygen atoms in total. The Labute approximate surface area is 167 Å². The van der Waals surface area contributed by atoms with E-state index in [1.165, 1.54) is 24.3 Å². The van der Waals surface area contributed by atoms with Gasteiger partial charge in [-0.05, 0) is 41.6 Å². The lowest BCUT2D eigenvalue weighted by atomic mass is 10.2. The molecular formula is C18H12FN3O6S. The molecule has 3 amide bonds. The zero-order valence-electron chi connectivity index (χ0n) is 14.5. The van der Waals surface area contributed by atoms with Crippen LogP contribution in [-0.4, -0.2) is 38.5 Å². The molecule has 0 aromatic heterocycles. The van der Waals surface area contributed by atoms with Crippen LogP contribution in [0.4, 0.5) is 20.6 Å². The molecule has 148 valence electrons. The molecule has 1 saturated heterocycles. The zero-order valence-corrected chi connectivity index (χ0v) is 15.3. The Morgan fingerprint density at radius 3 is 2.72 bits per heavy atom. The van der Waals surface area contributed by atoms with Gasteiger partial charge in [0.15, 0.2) is 0 Å². The number of rotatable bonds is 5. The highest BCUT2D eigenvalue weighted by atomic mass is 32.2. The first-order valence-corrected chi connectivity index (χ1v) is 8.84. The number of phenolic OH excluding ortho intramolecular Hbond substituents is 1. The van der Waals surface area contributed by atoms with Crippen molar-refractivity contribution in [1.82, 2.24) is 4.90 Å². The summed E-state index contributed by atoms with van der Waals surface area (Å²) >= 11 is 0.598. The van der Waals surface area contributed by atoms with Crippen LogP contribution in [0.3, 0.4) is 0 Å². The van der Waals surface area contributed by atoms with Gasteiger partial charge >= 0.3 is 0 Å². The number of anilines is 1. The Bertz CT molecular complexity index is 1070. The smallest absolute Gasteiger partial charge is 0.294 e. The number of nitro benzene ring substituents is 1. The number of thioether (sulfide) groups is 1. The average molecular weight is 417 g/mol. The quantitative estimate of drug-likeness (QED) is 0.331. The van der Waals surface area contributed by atoms with Gasteiger partial charge < -0.3 is 10.4 Å². The number of carbonyl (C=O) groups excluding carboxylic acids is 3. The fourth-order valence-electron chi connectivity index (χ4n) is 2.46. The standard InChI is InChI=1S/C18H12FN3O6S/c19-11-3-1-2-10(6-11)7-15-17(25)21(18(26)29-15)9-16(24)20-13-8-12(22(27)28)4-5-14(13)23/h1-8,23H,9H2,(H,20,24)/b15-7-. The molecule has 11 heteroatoms. The minimum absolute atomic E-state index is 0.0200. The minimum Gasteiger partial charge on any atom is -0.506 e. The number of hydrogen-bond donors (Lipinski definition) is 2. The average Bonchev–Trinajstić information content (AvgIpc) is 2.91. The molecule has 0 spiro atoms. The summed E-state index contributed by atoms with van der Waals surface area (Å²) < 4.78 is 13.3. The molecule has 1 fully saturated rings. The van der Waals surface area contributed by atoms with E-state index in [0.717, 1.165) is 18.2 Å². The van der Waals surface area contributed by atoms with E-state index < -0.39 is 40.1 Å². The summed E-state index contributed by atoms with van der Waals surface area (Å²) in [7, 11) is 0. The van der Waals surface area contributed by atoms with Crippen LogP contribution in [0.1, 0.15) is 5.56 Å². The fourth-order valence-corrected chi connectivity index (χ4v) is 3.29. The number of halogens is 1. The number of amides is 3. The van der Waals surface area contributed by atoms with Gasteiger partial charge in [-0.1, -0.05) is 12.1 Å². The highest BCUT2D eigenvalue weighted by molar-refractivity contribution is 8.18. The first kappa shape index (κ1) is 20.0. The molecule has 0 saturated carbocycles. The Morgan fingerprint density at radius 2 is 2.03 bits per heavy atom. The van der Waals surface area contributed by atoms with E-state index in [1.807, 2.05) is 0 Å². The highest BCUT2D eigenvalue weighted by Gasteiger charge is 2.36. The summed E-state index contributed by atoms with van der Waals surface area (Å²) in [4.78, 5) is 47.5. The molecule has 3 rings (SSSR count). The summed E-state index contributed by atoms with van der Waals surface area (Å²) in [5.74, 6) is -2.49. The SMILES string of the molecule is O=C(CN1C(=O)S/C(=C\c2cccc(F)c2)C1=O)Nc1cc([N+](=O)[O-])ccc1O. The van der Waals surface area contributed by atoms with Gasteiger partial charge in [-0.3, -0.25) is 29.4 Å². The van der Waals surface area contributed by atoms with Crippen molar-refractivity contribution in [2.75, 3.05) is 11.9 Å². The van der Waals surface area contributed by atoms with Crippen LogP contribution in [-0.2, 0) is 9.59 Å². The van der Waals surface area contributed by atoms with Crippen LogP contribution in [0.15, 0.2) is 47.4 Å². The van der Waals surface area contributed by atoms with Gasteiger partial charge in [-0.2, -0.15) is 0 Å². The molecule has 29 heavy (non-hydrogen) atoms. The van der Waals surface area contributed by atoms with Crippen LogP contribution in [0.2, 0.25) is 0 Å². The lowest BCUT2D eigenvalue weighted by Crippen LogP contribution is -2.36. The van der Waals surface area contributed by atoms with Crippen molar-refractivity contribution in [2.45, 2.75) is 0 Å². The predicted octanol–water partition coefficient (Wildman–Crippen LogP) is 3.11. The summed E-state index contributed by atoms with van der Waals surface area (Å²) in [6, 6.07) is 8.46. The molecule has 0 aliphatic carbocycles. The third-order valence-corrected chi connectivity index (χ3v) is 4.69. The van der Waals surface area contributed by atoms with Crippen molar-refractivity contribution < 1.29 is 28.8 Å². The molecule has 1 aliphatic rings. The topological polar surface area (TPSA) is 130 Å². The monoisotopic (exact) mass is 417 g/mol. The molecule has 2 aromatic rings. The third kappa shape index (κ3) is 4.58. The van der Waals surface area contributed by atoms with E-state index in [2.05, 4.69) is 5.32 Å². The number of carbonyl (C=O) groups is 3. The van der Waals surface area contributed by atoms with E-state index in [-0.39, 0.29) is 16.3 Å². The van der Waals surface area contributed by atoms with Gasteiger partial charge in [0.1, 0.15) is 18.1 Å². The summed E-state index contributed by atoms with van der Waals surface area (Å²) in [6.45, 7) is -0.659. The summed E-state index contributed by atoms with van der Waals surface area (Å²) in [5.41, 5.74) is -0.213. The number of nitro groups is 1. The van der Waals surface area contributed by atoms with Gasteiger partial charge in [-0.25, -0.2) is 4.39 Å². The number of nitrogens with one attached hydrogen (secondary N) is 1. The second-order valence-corrected chi connectivity index (χ2v) is 6.82. The number of hydrogen-bond acceptors (Lipinski definition) is 7. The molecule has 0 bridgehead atoms. The van der Waals surface area contributed by atoms with Gasteiger partial charge in [0.2, 0.25) is 5.91 Å². The molecule has 1 aliphatic heterocycles. The molecular weight excluding hydrogens is 405 g/mol. The van der Waals surface area contributed by atoms with Crippen LogP contribution in [0.5, 0.6) is 5.75 Å². The van der Waals surface area contributed by atoms with Crippen molar-refractivity contribution in [3.63, 3.8) is 0 Å². The summed E-state index contributed by atoms with van der Waals surface area (Å²) in [5, 5.41) is 22.1. The second-order valence-electron chi connectivity index (χ2n) is 5.83. The van der Waals surface area contributed by atoms with E-state index in [0.29, 0.717) is 22.2 Å². The zero-order chi connectivity index (χ0) is 21.1. The summed E-state index contributed by atoms with van der Waals surface area (Å²) in [6.07, 6.45) is 1.33. The number of imide groups is 1. The molecule has 2 aromatic carbocycles. The Kier molecular flexibility index (Phi) is 5.59. The van der Waals surface area contributed by atoms with Crippen LogP contribution in [0, 0.1) is 15.9 Å². The molecule has 0 unspecified atom stereocenters. The molecule has 0 radical (unpaired) electrons. The first-order chi connectivity index (χ1) is 13.7. The van der Waals surface area contributed by atoms with E-state index in [9.17, 15) is 34.0 Å². The van der Waals surface area contributed by atoms with Crippen molar-refractivity contribution in [2.24, 2.45) is 0 Å². The van der Waals surface area contributed by atoms with Crippen molar-refractivity contribution in [1.29, 1.82) is 0 Å². The van der Waals surface area contributed by atoms with Gasteiger partial charge in [0.25, 0.3) is 16.8 Å². The third-order valence-electron chi connectivity index (χ3n) is 3.79. The van der Waals surface area contributed by atoms with Crippen molar-refractivity contribution in [3.8, 4) is 5.75 Å². The number of benzene rings is 2. The van der Waals surface area contributed by atoms with Gasteiger partial charge in [0, 0.05) is 12.1 Å². The van der Waals surface area contributed by atoms with Crippen LogP contribution in [0.25, 0.3) is 6.08 Å². The van der Waals surface area contributed by atoms with Gasteiger partial charge in [-0.15, -0.1) is 0 Å². The maximum Gasteiger partial charge on any atom is 0.294 e. The molecule has 0 atom stereocenters. The maximum absolute atomic E-state index is 13.3. The van der Waals surface area contributed by atoms with Crippen LogP contribution < -0.4 is 5.32 Å². The fraction of sp³-hybridized carbons (Fsp3) is 0.0556. The maximum atomic E-state index is 13.3. The molecule has 2 N–H and O–H groups in total. The lowest BCUT2D eigenvalue weighted by Gasteiger charge is -2.13.